The molecule has 2 N–H and O–H groups in total. The first kappa shape index (κ1) is 71.2. The fourth-order valence-electron chi connectivity index (χ4n) is 8.38. The number of phosphoric ester groups is 1. The zero-order chi connectivity index (χ0) is 54.1. The molecule has 0 fully saturated rings. The Morgan fingerprint density at radius 3 is 1.08 bits per heavy atom. The molecule has 0 aromatic heterocycles. The van der Waals surface area contributed by atoms with E-state index in [9.17, 15) is 28.9 Å². The predicted octanol–water partition coefficient (Wildman–Crippen LogP) is 17.9. The first-order chi connectivity index (χ1) is 36.2. The maximum Gasteiger partial charge on any atom is 0.472 e. The van der Waals surface area contributed by atoms with Gasteiger partial charge in [-0.3, -0.25) is 23.4 Å². The molecule has 0 radical (unpaired) electrons. The van der Waals surface area contributed by atoms with E-state index in [1.807, 2.05) is 0 Å². The lowest BCUT2D eigenvalue weighted by Crippen LogP contribution is -2.30. The minimum atomic E-state index is -4.75. The number of carbonyl (C=O) groups excluding carboxylic acids is 3. The van der Waals surface area contributed by atoms with Crippen molar-refractivity contribution in [3.05, 3.63) is 60.8 Å². The maximum absolute atomic E-state index is 12.9. The molecule has 74 heavy (non-hydrogen) atoms. The van der Waals surface area contributed by atoms with E-state index in [1.165, 1.54) is 128 Å². The maximum atomic E-state index is 12.9. The Hall–Kier alpha value is -2.82. The summed E-state index contributed by atoms with van der Waals surface area (Å²) < 4.78 is 39.6. The first-order valence-corrected chi connectivity index (χ1v) is 31.7. The molecule has 0 aromatic carbocycles. The summed E-state index contributed by atoms with van der Waals surface area (Å²) in [5.41, 5.74) is 0. The van der Waals surface area contributed by atoms with Crippen molar-refractivity contribution in [2.24, 2.45) is 0 Å². The smallest absolute Gasteiger partial charge is 0.462 e. The molecule has 11 nitrogen and oxygen atoms in total. The Bertz CT molecular complexity index is 1470. The average Bonchev–Trinajstić information content (AvgIpc) is 3.39. The van der Waals surface area contributed by atoms with E-state index in [2.05, 4.69) is 81.5 Å². The normalized spacial score (nSPS) is 13.7. The van der Waals surface area contributed by atoms with Gasteiger partial charge in [0.15, 0.2) is 6.10 Å². The van der Waals surface area contributed by atoms with Crippen LogP contribution in [0.25, 0.3) is 0 Å². The lowest BCUT2D eigenvalue weighted by atomic mass is 10.0. The number of aliphatic hydroxyl groups excluding tert-OH is 1. The highest BCUT2D eigenvalue weighted by Crippen LogP contribution is 2.43. The second-order valence-electron chi connectivity index (χ2n) is 20.1. The standard InChI is InChI=1S/C62H111O11P/c1-4-7-10-13-16-19-22-25-27-28-29-30-32-35-38-41-44-47-50-53-62(66)73-59(55-69-60(64)51-48-45-42-39-36-34-31-26-23-20-17-14-11-8-5-2)57-71-74(67,68)70-56-58(54-63)72-61(65)52-49-46-43-40-37-33-24-21-18-15-12-9-6-3/h7,10,16,19,25,27,29-30,35,38,58-59,63H,4-6,8-9,11-15,17-18,20-24,26,28,31-34,36-37,39-57H2,1-3H3,(H,67,68)/b10-7-,19-16-,27-25-,30-29-,38-35-. The van der Waals surface area contributed by atoms with E-state index in [4.69, 9.17) is 23.3 Å². The van der Waals surface area contributed by atoms with Crippen molar-refractivity contribution in [2.75, 3.05) is 26.4 Å². The molecular weight excluding hydrogens is 952 g/mol. The number of allylic oxidation sites excluding steroid dienone is 10. The van der Waals surface area contributed by atoms with Gasteiger partial charge in [0.1, 0.15) is 12.7 Å². The second-order valence-corrected chi connectivity index (χ2v) is 21.6. The number of hydrogen-bond acceptors (Lipinski definition) is 10. The van der Waals surface area contributed by atoms with Gasteiger partial charge in [-0.05, 0) is 64.2 Å². The highest BCUT2D eigenvalue weighted by atomic mass is 31.2. The van der Waals surface area contributed by atoms with Crippen LogP contribution in [0.1, 0.15) is 278 Å². The Kier molecular flexibility index (Phi) is 54.2. The molecule has 0 aliphatic carbocycles. The SMILES string of the molecule is CC/C=C\C/C=C\C/C=C\C/C=C\C/C=C\CCCCCC(=O)OC(COC(=O)CCCCCCCCCCCCCCCCC)COP(=O)(O)OCC(CO)OC(=O)CCCCCCCCCCCCCCC. The van der Waals surface area contributed by atoms with Crippen LogP contribution in [0.5, 0.6) is 0 Å². The molecule has 3 unspecified atom stereocenters. The van der Waals surface area contributed by atoms with Gasteiger partial charge >= 0.3 is 25.7 Å². The van der Waals surface area contributed by atoms with Gasteiger partial charge in [-0.2, -0.15) is 0 Å². The van der Waals surface area contributed by atoms with Gasteiger partial charge in [0.05, 0.1) is 19.8 Å². The molecule has 0 aliphatic heterocycles. The van der Waals surface area contributed by atoms with Gasteiger partial charge in [-0.15, -0.1) is 0 Å². The summed E-state index contributed by atoms with van der Waals surface area (Å²) in [6.45, 7) is 4.53. The topological polar surface area (TPSA) is 155 Å². The van der Waals surface area contributed by atoms with Crippen LogP contribution in [-0.4, -0.2) is 66.5 Å². The number of carbonyl (C=O) groups is 3. The molecule has 0 aliphatic rings. The van der Waals surface area contributed by atoms with E-state index in [-0.39, 0.29) is 25.9 Å². The van der Waals surface area contributed by atoms with Gasteiger partial charge in [0, 0.05) is 19.3 Å². The van der Waals surface area contributed by atoms with Gasteiger partial charge in [0.2, 0.25) is 0 Å². The zero-order valence-corrected chi connectivity index (χ0v) is 48.5. The van der Waals surface area contributed by atoms with Crippen molar-refractivity contribution in [3.8, 4) is 0 Å². The molecule has 0 spiro atoms. The summed E-state index contributed by atoms with van der Waals surface area (Å²) >= 11 is 0. The monoisotopic (exact) mass is 1060 g/mol. The number of hydrogen-bond donors (Lipinski definition) is 2. The zero-order valence-electron chi connectivity index (χ0n) is 47.6. The van der Waals surface area contributed by atoms with Crippen LogP contribution in [0.4, 0.5) is 0 Å². The van der Waals surface area contributed by atoms with Crippen molar-refractivity contribution in [1.82, 2.24) is 0 Å². The van der Waals surface area contributed by atoms with Gasteiger partial charge in [-0.1, -0.05) is 255 Å². The Balaban J connectivity index is 4.76. The van der Waals surface area contributed by atoms with E-state index >= 15 is 0 Å². The Labute approximate surface area is 453 Å². The molecule has 0 saturated heterocycles. The minimum Gasteiger partial charge on any atom is -0.462 e. The summed E-state index contributed by atoms with van der Waals surface area (Å²) in [6.07, 6.45) is 61.7. The number of esters is 3. The molecule has 0 saturated carbocycles. The number of ether oxygens (including phenoxy) is 3. The molecule has 0 heterocycles. The summed E-state index contributed by atoms with van der Waals surface area (Å²) in [7, 11) is -4.75. The number of aliphatic hydroxyl groups is 1. The van der Waals surface area contributed by atoms with Crippen LogP contribution in [0.15, 0.2) is 60.8 Å². The molecule has 0 aromatic rings. The lowest BCUT2D eigenvalue weighted by Gasteiger charge is -2.21. The van der Waals surface area contributed by atoms with Crippen molar-refractivity contribution >= 4 is 25.7 Å². The van der Waals surface area contributed by atoms with Gasteiger partial charge < -0.3 is 24.2 Å². The average molecular weight is 1060 g/mol. The fourth-order valence-corrected chi connectivity index (χ4v) is 9.17. The van der Waals surface area contributed by atoms with Gasteiger partial charge in [-0.25, -0.2) is 4.57 Å². The third-order valence-corrected chi connectivity index (χ3v) is 13.9. The summed E-state index contributed by atoms with van der Waals surface area (Å²) in [4.78, 5) is 48.6. The summed E-state index contributed by atoms with van der Waals surface area (Å²) in [6, 6.07) is 0. The molecule has 430 valence electrons. The first-order valence-electron chi connectivity index (χ1n) is 30.2. The third-order valence-electron chi connectivity index (χ3n) is 13.0. The van der Waals surface area contributed by atoms with Crippen LogP contribution in [-0.2, 0) is 42.2 Å². The number of unbranched alkanes of at least 4 members (excludes halogenated alkanes) is 29. The van der Waals surface area contributed by atoms with Crippen LogP contribution < -0.4 is 0 Å². The molecule has 3 atom stereocenters. The van der Waals surface area contributed by atoms with Crippen molar-refractivity contribution < 1.29 is 52.2 Å². The van der Waals surface area contributed by atoms with Crippen molar-refractivity contribution in [3.63, 3.8) is 0 Å². The van der Waals surface area contributed by atoms with E-state index in [0.29, 0.717) is 19.3 Å². The lowest BCUT2D eigenvalue weighted by molar-refractivity contribution is -0.161. The van der Waals surface area contributed by atoms with Crippen LogP contribution in [0, 0.1) is 0 Å². The Morgan fingerprint density at radius 2 is 0.703 bits per heavy atom. The molecule has 12 heteroatoms. The van der Waals surface area contributed by atoms with Crippen LogP contribution >= 0.6 is 7.82 Å². The molecule has 0 rings (SSSR count). The van der Waals surface area contributed by atoms with Crippen LogP contribution in [0.2, 0.25) is 0 Å². The van der Waals surface area contributed by atoms with Crippen molar-refractivity contribution in [1.29, 1.82) is 0 Å². The third kappa shape index (κ3) is 54.0. The fraction of sp³-hybridized carbons (Fsp3) is 0.790. The summed E-state index contributed by atoms with van der Waals surface area (Å²) in [5.74, 6) is -1.49. The summed E-state index contributed by atoms with van der Waals surface area (Å²) in [5, 5.41) is 9.82. The quantitative estimate of drug-likeness (QED) is 0.0197. The van der Waals surface area contributed by atoms with E-state index in [1.54, 1.807) is 0 Å². The van der Waals surface area contributed by atoms with E-state index in [0.717, 1.165) is 89.9 Å². The minimum absolute atomic E-state index is 0.130. The highest BCUT2D eigenvalue weighted by Gasteiger charge is 2.28. The van der Waals surface area contributed by atoms with E-state index < -0.39 is 57.8 Å². The number of phosphoric acid groups is 1. The molecule has 0 amide bonds. The largest absolute Gasteiger partial charge is 0.472 e. The number of rotatable bonds is 56. The predicted molar refractivity (Wildman–Crippen MR) is 307 cm³/mol. The van der Waals surface area contributed by atoms with Crippen molar-refractivity contribution in [2.45, 2.75) is 290 Å². The van der Waals surface area contributed by atoms with Gasteiger partial charge in [0.25, 0.3) is 0 Å². The Morgan fingerprint density at radius 1 is 0.392 bits per heavy atom. The highest BCUT2D eigenvalue weighted by molar-refractivity contribution is 7.47. The second kappa shape index (κ2) is 56.4. The molecule has 0 bridgehead atoms. The molecular formula is C62H111O11P. The van der Waals surface area contributed by atoms with Crippen LogP contribution in [0.3, 0.4) is 0 Å².